The Morgan fingerprint density at radius 1 is 0.471 bits per heavy atom. The SMILES string of the molecule is O=C1CCCCCC1.O=C1CCCCCC1=O. The van der Waals surface area contributed by atoms with Gasteiger partial charge in [0.1, 0.15) is 5.78 Å². The third kappa shape index (κ3) is 6.35. The van der Waals surface area contributed by atoms with E-state index in [9.17, 15) is 14.4 Å². The van der Waals surface area contributed by atoms with Crippen molar-refractivity contribution in [2.45, 2.75) is 70.6 Å². The Hall–Kier alpha value is -0.990. The number of carbonyl (C=O) groups excluding carboxylic acids is 3. The first kappa shape index (κ1) is 14.1. The molecule has 3 heteroatoms. The molecule has 2 fully saturated rings. The maximum absolute atomic E-state index is 10.7. The van der Waals surface area contributed by atoms with Gasteiger partial charge in [-0.3, -0.25) is 14.4 Å². The predicted molar refractivity (Wildman–Crippen MR) is 65.8 cm³/mol. The van der Waals surface area contributed by atoms with Crippen molar-refractivity contribution in [1.82, 2.24) is 0 Å². The number of ketones is 3. The first-order valence-electron chi connectivity index (χ1n) is 6.78. The van der Waals surface area contributed by atoms with Crippen LogP contribution in [0.5, 0.6) is 0 Å². The van der Waals surface area contributed by atoms with Gasteiger partial charge in [-0.15, -0.1) is 0 Å². The Bertz CT molecular complexity index is 255. The van der Waals surface area contributed by atoms with Crippen molar-refractivity contribution < 1.29 is 14.4 Å². The first-order valence-corrected chi connectivity index (χ1v) is 6.78. The van der Waals surface area contributed by atoms with E-state index in [1.807, 2.05) is 0 Å². The minimum absolute atomic E-state index is 0.160. The molecular formula is C14H22O3. The molecule has 0 atom stereocenters. The molecule has 0 saturated heterocycles. The molecule has 2 aliphatic carbocycles. The van der Waals surface area contributed by atoms with Crippen LogP contribution in [-0.2, 0) is 14.4 Å². The largest absolute Gasteiger partial charge is 0.300 e. The highest BCUT2D eigenvalue weighted by Gasteiger charge is 2.15. The lowest BCUT2D eigenvalue weighted by molar-refractivity contribution is -0.136. The van der Waals surface area contributed by atoms with E-state index < -0.39 is 0 Å². The molecule has 0 amide bonds. The summed E-state index contributed by atoms with van der Waals surface area (Å²) in [6.45, 7) is 0. The molecule has 0 heterocycles. The van der Waals surface area contributed by atoms with Crippen molar-refractivity contribution in [3.8, 4) is 0 Å². The van der Waals surface area contributed by atoms with E-state index in [0.717, 1.165) is 44.9 Å². The molecule has 0 aliphatic heterocycles. The Kier molecular flexibility index (Phi) is 6.75. The highest BCUT2D eigenvalue weighted by Crippen LogP contribution is 2.13. The van der Waals surface area contributed by atoms with Crippen molar-refractivity contribution in [1.29, 1.82) is 0 Å². The molecule has 0 bridgehead atoms. The molecule has 2 saturated carbocycles. The van der Waals surface area contributed by atoms with Gasteiger partial charge in [-0.2, -0.15) is 0 Å². The minimum atomic E-state index is -0.160. The number of hydrogen-bond acceptors (Lipinski definition) is 3. The fourth-order valence-corrected chi connectivity index (χ4v) is 2.15. The van der Waals surface area contributed by atoms with Gasteiger partial charge in [0.05, 0.1) is 0 Å². The van der Waals surface area contributed by atoms with Crippen LogP contribution in [0.3, 0.4) is 0 Å². The number of Topliss-reactive ketones (excluding diaryl/α,β-unsaturated/α-hetero) is 3. The van der Waals surface area contributed by atoms with Crippen LogP contribution < -0.4 is 0 Å². The summed E-state index contributed by atoms with van der Waals surface area (Å²) in [5.74, 6) is 0.155. The Morgan fingerprint density at radius 3 is 1.29 bits per heavy atom. The molecule has 3 nitrogen and oxygen atoms in total. The maximum Gasteiger partial charge on any atom is 0.198 e. The third-order valence-corrected chi connectivity index (χ3v) is 3.28. The van der Waals surface area contributed by atoms with E-state index in [1.165, 1.54) is 12.8 Å². The predicted octanol–water partition coefficient (Wildman–Crippen LogP) is 3.00. The summed E-state index contributed by atoms with van der Waals surface area (Å²) < 4.78 is 0. The molecule has 0 unspecified atom stereocenters. The summed E-state index contributed by atoms with van der Waals surface area (Å²) in [5, 5.41) is 0. The zero-order chi connectivity index (χ0) is 12.5. The average Bonchev–Trinajstić information content (AvgIpc) is 2.65. The van der Waals surface area contributed by atoms with Gasteiger partial charge >= 0.3 is 0 Å². The van der Waals surface area contributed by atoms with Crippen molar-refractivity contribution in [2.75, 3.05) is 0 Å². The lowest BCUT2D eigenvalue weighted by atomic mass is 10.2. The Labute approximate surface area is 103 Å². The fraction of sp³-hybridized carbons (Fsp3) is 0.786. The monoisotopic (exact) mass is 238 g/mol. The van der Waals surface area contributed by atoms with Crippen LogP contribution in [0.1, 0.15) is 70.6 Å². The average molecular weight is 238 g/mol. The highest BCUT2D eigenvalue weighted by molar-refractivity contribution is 6.37. The normalized spacial score (nSPS) is 22.2. The van der Waals surface area contributed by atoms with Crippen molar-refractivity contribution >= 4 is 17.3 Å². The molecule has 0 aromatic heterocycles. The van der Waals surface area contributed by atoms with Crippen LogP contribution in [-0.4, -0.2) is 17.3 Å². The number of carbonyl (C=O) groups is 3. The topological polar surface area (TPSA) is 51.2 Å². The van der Waals surface area contributed by atoms with Gasteiger partial charge in [0, 0.05) is 25.7 Å². The summed E-state index contributed by atoms with van der Waals surface area (Å²) in [5.41, 5.74) is 0. The molecule has 17 heavy (non-hydrogen) atoms. The second kappa shape index (κ2) is 8.15. The summed E-state index contributed by atoms with van der Waals surface area (Å²) in [6.07, 6.45) is 10.3. The molecule has 0 aromatic carbocycles. The van der Waals surface area contributed by atoms with Gasteiger partial charge in [0.25, 0.3) is 0 Å². The standard InChI is InChI=1S/C7H10O2.C7H12O/c8-6-4-2-1-3-5-7(6)9;8-7-5-3-1-2-4-6-7/h1-5H2;1-6H2. The van der Waals surface area contributed by atoms with Gasteiger partial charge in [-0.1, -0.05) is 19.3 Å². The molecule has 96 valence electrons. The molecule has 2 rings (SSSR count). The summed E-state index contributed by atoms with van der Waals surface area (Å²) in [7, 11) is 0. The van der Waals surface area contributed by atoms with E-state index in [2.05, 4.69) is 0 Å². The molecule has 0 N–H and O–H groups in total. The van der Waals surface area contributed by atoms with Gasteiger partial charge in [-0.05, 0) is 25.7 Å². The minimum Gasteiger partial charge on any atom is -0.300 e. The van der Waals surface area contributed by atoms with E-state index in [0.29, 0.717) is 18.6 Å². The summed E-state index contributed by atoms with van der Waals surface area (Å²) in [6, 6.07) is 0. The quantitative estimate of drug-likeness (QED) is 0.481. The van der Waals surface area contributed by atoms with Crippen molar-refractivity contribution in [3.63, 3.8) is 0 Å². The van der Waals surface area contributed by atoms with Crippen LogP contribution in [0.4, 0.5) is 0 Å². The number of hydrogen-bond donors (Lipinski definition) is 0. The lowest BCUT2D eigenvalue weighted by Crippen LogP contribution is -2.09. The zero-order valence-corrected chi connectivity index (χ0v) is 10.5. The summed E-state index contributed by atoms with van der Waals surface area (Å²) in [4.78, 5) is 32.0. The zero-order valence-electron chi connectivity index (χ0n) is 10.5. The van der Waals surface area contributed by atoms with Gasteiger partial charge in [0.2, 0.25) is 0 Å². The second-order valence-electron chi connectivity index (χ2n) is 4.86. The van der Waals surface area contributed by atoms with E-state index in [-0.39, 0.29) is 11.6 Å². The number of rotatable bonds is 0. The van der Waals surface area contributed by atoms with Crippen LogP contribution in [0.15, 0.2) is 0 Å². The van der Waals surface area contributed by atoms with Crippen LogP contribution >= 0.6 is 0 Å². The maximum atomic E-state index is 10.7. The molecule has 2 aliphatic rings. The van der Waals surface area contributed by atoms with E-state index in [4.69, 9.17) is 0 Å². The smallest absolute Gasteiger partial charge is 0.198 e. The molecule has 0 aromatic rings. The molecule has 0 radical (unpaired) electrons. The Balaban J connectivity index is 0.000000171. The van der Waals surface area contributed by atoms with Gasteiger partial charge < -0.3 is 0 Å². The van der Waals surface area contributed by atoms with Crippen molar-refractivity contribution in [2.24, 2.45) is 0 Å². The summed E-state index contributed by atoms with van der Waals surface area (Å²) >= 11 is 0. The Morgan fingerprint density at radius 2 is 0.824 bits per heavy atom. The van der Waals surface area contributed by atoms with Crippen LogP contribution in [0, 0.1) is 0 Å². The third-order valence-electron chi connectivity index (χ3n) is 3.28. The first-order chi connectivity index (χ1) is 8.20. The van der Waals surface area contributed by atoms with Crippen LogP contribution in [0.25, 0.3) is 0 Å². The van der Waals surface area contributed by atoms with Gasteiger partial charge in [0.15, 0.2) is 11.6 Å². The van der Waals surface area contributed by atoms with Gasteiger partial charge in [-0.25, -0.2) is 0 Å². The van der Waals surface area contributed by atoms with Crippen LogP contribution in [0.2, 0.25) is 0 Å². The fourth-order valence-electron chi connectivity index (χ4n) is 2.15. The second-order valence-corrected chi connectivity index (χ2v) is 4.86. The van der Waals surface area contributed by atoms with Crippen molar-refractivity contribution in [3.05, 3.63) is 0 Å². The molecule has 0 spiro atoms. The highest BCUT2D eigenvalue weighted by atomic mass is 16.2. The van der Waals surface area contributed by atoms with E-state index in [1.54, 1.807) is 0 Å². The van der Waals surface area contributed by atoms with E-state index >= 15 is 0 Å². The molecular weight excluding hydrogens is 216 g/mol. The lowest BCUT2D eigenvalue weighted by Gasteiger charge is -1.87.